The lowest BCUT2D eigenvalue weighted by molar-refractivity contribution is 0.0826. The number of thiophene rings is 1. The lowest BCUT2D eigenvalue weighted by atomic mass is 10.1. The van der Waals surface area contributed by atoms with Crippen molar-refractivity contribution in [3.8, 4) is 0 Å². The number of ether oxygens (including phenoxy) is 1. The van der Waals surface area contributed by atoms with Gasteiger partial charge in [0.25, 0.3) is 0 Å². The molecule has 1 fully saturated rings. The van der Waals surface area contributed by atoms with Gasteiger partial charge in [-0.15, -0.1) is 11.3 Å². The molecule has 2 aromatic rings. The fraction of sp³-hybridized carbons (Fsp3) is 0.571. The van der Waals surface area contributed by atoms with E-state index in [2.05, 4.69) is 21.8 Å². The molecule has 7 heteroatoms. The third kappa shape index (κ3) is 2.85. The van der Waals surface area contributed by atoms with Crippen molar-refractivity contribution < 1.29 is 9.84 Å². The first-order valence-corrected chi connectivity index (χ1v) is 8.10. The van der Waals surface area contributed by atoms with Gasteiger partial charge in [-0.3, -0.25) is 0 Å². The number of hydrogen-bond donors (Lipinski definition) is 1. The van der Waals surface area contributed by atoms with Gasteiger partial charge >= 0.3 is 0 Å². The summed E-state index contributed by atoms with van der Waals surface area (Å²) in [5.41, 5.74) is -0.114. The first-order valence-electron chi connectivity index (χ1n) is 6.90. The van der Waals surface area contributed by atoms with Crippen molar-refractivity contribution in [1.82, 2.24) is 9.97 Å². The van der Waals surface area contributed by atoms with E-state index in [0.29, 0.717) is 13.2 Å². The lowest BCUT2D eigenvalue weighted by Crippen LogP contribution is -2.44. The van der Waals surface area contributed by atoms with E-state index in [1.807, 2.05) is 6.07 Å². The Kier molecular flexibility index (Phi) is 3.81. The molecular formula is C14H18ClN3O2S. The van der Waals surface area contributed by atoms with Crippen LogP contribution in [0.25, 0.3) is 10.2 Å². The van der Waals surface area contributed by atoms with Gasteiger partial charge in [0.1, 0.15) is 0 Å². The molecule has 0 bridgehead atoms. The standard InChI is InChI=1S/C14H18ClN3O2S/c1-8-7-20-5-4-18(8)12-11-9(16-13(15)17-12)6-10(21-11)14(2,3)19/h6,8,19H,4-5,7H2,1-3H3/t8-/m0/s1. The highest BCUT2D eigenvalue weighted by Gasteiger charge is 2.26. The van der Waals surface area contributed by atoms with Crippen LogP contribution in [0.15, 0.2) is 6.07 Å². The Bertz CT molecular complexity index is 668. The van der Waals surface area contributed by atoms with Crippen molar-refractivity contribution >= 4 is 39.0 Å². The zero-order valence-corrected chi connectivity index (χ0v) is 13.8. The largest absolute Gasteiger partial charge is 0.385 e. The maximum atomic E-state index is 10.2. The van der Waals surface area contributed by atoms with E-state index in [0.717, 1.165) is 27.5 Å². The van der Waals surface area contributed by atoms with Crippen LogP contribution in [0.1, 0.15) is 25.6 Å². The fourth-order valence-corrected chi connectivity index (χ4v) is 3.70. The first-order chi connectivity index (χ1) is 9.86. The molecule has 0 aromatic carbocycles. The highest BCUT2D eigenvalue weighted by molar-refractivity contribution is 7.19. The second-order valence-corrected chi connectivity index (χ2v) is 7.21. The molecule has 5 nitrogen and oxygen atoms in total. The average Bonchev–Trinajstić information content (AvgIpc) is 2.82. The Balaban J connectivity index is 2.14. The van der Waals surface area contributed by atoms with Crippen molar-refractivity contribution in [3.63, 3.8) is 0 Å². The molecule has 1 atom stereocenters. The quantitative estimate of drug-likeness (QED) is 0.859. The molecule has 0 spiro atoms. The predicted molar refractivity (Wildman–Crippen MR) is 85.3 cm³/mol. The second-order valence-electron chi connectivity index (χ2n) is 5.82. The smallest absolute Gasteiger partial charge is 0.224 e. The molecule has 1 saturated heterocycles. The molecule has 1 aliphatic rings. The Morgan fingerprint density at radius 2 is 2.24 bits per heavy atom. The number of aromatic nitrogens is 2. The topological polar surface area (TPSA) is 58.5 Å². The summed E-state index contributed by atoms with van der Waals surface area (Å²) >= 11 is 7.60. The zero-order chi connectivity index (χ0) is 15.2. The number of rotatable bonds is 2. The maximum absolute atomic E-state index is 10.2. The van der Waals surface area contributed by atoms with Crippen LogP contribution < -0.4 is 4.90 Å². The number of fused-ring (bicyclic) bond motifs is 1. The van der Waals surface area contributed by atoms with E-state index in [1.165, 1.54) is 11.3 Å². The van der Waals surface area contributed by atoms with Crippen LogP contribution >= 0.6 is 22.9 Å². The van der Waals surface area contributed by atoms with Crippen LogP contribution in [0.2, 0.25) is 5.28 Å². The molecule has 0 radical (unpaired) electrons. The molecule has 3 rings (SSSR count). The molecule has 21 heavy (non-hydrogen) atoms. The molecule has 0 amide bonds. The van der Waals surface area contributed by atoms with Crippen LogP contribution in [0.4, 0.5) is 5.82 Å². The molecule has 0 aliphatic carbocycles. The molecule has 0 saturated carbocycles. The fourth-order valence-electron chi connectivity index (χ4n) is 2.43. The number of hydrogen-bond acceptors (Lipinski definition) is 6. The molecule has 3 heterocycles. The molecule has 1 N–H and O–H groups in total. The summed E-state index contributed by atoms with van der Waals surface area (Å²) in [6.07, 6.45) is 0. The van der Waals surface area contributed by atoms with Gasteiger partial charge in [0.05, 0.1) is 35.1 Å². The normalized spacial score (nSPS) is 20.2. The number of halogens is 1. The summed E-state index contributed by atoms with van der Waals surface area (Å²) in [6, 6.07) is 2.13. The van der Waals surface area contributed by atoms with Gasteiger partial charge in [-0.2, -0.15) is 4.98 Å². The third-order valence-corrected chi connectivity index (χ3v) is 5.17. The van der Waals surface area contributed by atoms with Gasteiger partial charge in [0.15, 0.2) is 5.82 Å². The van der Waals surface area contributed by atoms with Crippen molar-refractivity contribution in [2.75, 3.05) is 24.7 Å². The number of morpholine rings is 1. The van der Waals surface area contributed by atoms with Crippen LogP contribution in [-0.4, -0.2) is 40.9 Å². The van der Waals surface area contributed by atoms with Crippen molar-refractivity contribution in [2.45, 2.75) is 32.4 Å². The summed E-state index contributed by atoms with van der Waals surface area (Å²) in [5.74, 6) is 0.835. The molecule has 2 aromatic heterocycles. The SMILES string of the molecule is C[C@H]1COCCN1c1nc(Cl)nc2cc(C(C)(C)O)sc12. The van der Waals surface area contributed by atoms with E-state index in [4.69, 9.17) is 16.3 Å². The van der Waals surface area contributed by atoms with E-state index in [-0.39, 0.29) is 11.3 Å². The van der Waals surface area contributed by atoms with Crippen molar-refractivity contribution in [1.29, 1.82) is 0 Å². The Labute approximate surface area is 132 Å². The molecule has 1 aliphatic heterocycles. The summed E-state index contributed by atoms with van der Waals surface area (Å²) in [6.45, 7) is 7.77. The van der Waals surface area contributed by atoms with Gasteiger partial charge in [0, 0.05) is 11.4 Å². The van der Waals surface area contributed by atoms with Crippen molar-refractivity contribution in [2.24, 2.45) is 0 Å². The first kappa shape index (κ1) is 15.0. The molecule has 114 valence electrons. The lowest BCUT2D eigenvalue weighted by Gasteiger charge is -2.34. The van der Waals surface area contributed by atoms with Gasteiger partial charge in [-0.25, -0.2) is 4.98 Å². The summed E-state index contributed by atoms with van der Waals surface area (Å²) in [5, 5.41) is 10.4. The van der Waals surface area contributed by atoms with E-state index in [1.54, 1.807) is 13.8 Å². The summed E-state index contributed by atoms with van der Waals surface area (Å²) in [4.78, 5) is 11.8. The van der Waals surface area contributed by atoms with E-state index in [9.17, 15) is 5.11 Å². The van der Waals surface area contributed by atoms with Crippen LogP contribution in [0.3, 0.4) is 0 Å². The second kappa shape index (κ2) is 5.35. The van der Waals surface area contributed by atoms with Gasteiger partial charge in [-0.1, -0.05) is 0 Å². The zero-order valence-electron chi connectivity index (χ0n) is 12.3. The Hall–Kier alpha value is -0.950. The molecular weight excluding hydrogens is 310 g/mol. The van der Waals surface area contributed by atoms with E-state index < -0.39 is 5.60 Å². The van der Waals surface area contributed by atoms with E-state index >= 15 is 0 Å². The van der Waals surface area contributed by atoms with Crippen LogP contribution in [0, 0.1) is 0 Å². The van der Waals surface area contributed by atoms with Gasteiger partial charge in [-0.05, 0) is 38.4 Å². The monoisotopic (exact) mass is 327 g/mol. The minimum atomic E-state index is -0.897. The Morgan fingerprint density at radius 3 is 2.90 bits per heavy atom. The highest BCUT2D eigenvalue weighted by atomic mass is 35.5. The Morgan fingerprint density at radius 1 is 1.48 bits per heavy atom. The highest BCUT2D eigenvalue weighted by Crippen LogP contribution is 2.38. The summed E-state index contributed by atoms with van der Waals surface area (Å²) in [7, 11) is 0. The third-order valence-electron chi connectivity index (χ3n) is 3.57. The number of anilines is 1. The van der Waals surface area contributed by atoms with Crippen molar-refractivity contribution in [3.05, 3.63) is 16.2 Å². The molecule has 0 unspecified atom stereocenters. The van der Waals surface area contributed by atoms with Crippen LogP contribution in [0.5, 0.6) is 0 Å². The number of nitrogens with zero attached hydrogens (tertiary/aromatic N) is 3. The predicted octanol–water partition coefficient (Wildman–Crippen LogP) is 2.80. The van der Waals surface area contributed by atoms with Crippen LogP contribution in [-0.2, 0) is 10.3 Å². The number of aliphatic hydroxyl groups is 1. The minimum Gasteiger partial charge on any atom is -0.385 e. The average molecular weight is 328 g/mol. The van der Waals surface area contributed by atoms with Gasteiger partial charge < -0.3 is 14.7 Å². The maximum Gasteiger partial charge on any atom is 0.224 e. The minimum absolute atomic E-state index is 0.233. The summed E-state index contributed by atoms with van der Waals surface area (Å²) < 4.78 is 6.44. The van der Waals surface area contributed by atoms with Gasteiger partial charge in [0.2, 0.25) is 5.28 Å².